The quantitative estimate of drug-likeness (QED) is 0.703. The molecule has 0 radical (unpaired) electrons. The molecule has 1 aliphatic rings. The molecule has 1 aromatic heterocycles. The van der Waals surface area contributed by atoms with Crippen LogP contribution in [0.15, 0.2) is 18.6 Å². The highest BCUT2D eigenvalue weighted by atomic mass is 16.3. The topological polar surface area (TPSA) is 75.1 Å². The highest BCUT2D eigenvalue weighted by Crippen LogP contribution is 2.16. The Kier molecular flexibility index (Phi) is 3.35. The summed E-state index contributed by atoms with van der Waals surface area (Å²) < 4.78 is 0.577. The van der Waals surface area contributed by atoms with Crippen LogP contribution in [0.1, 0.15) is 6.42 Å². The van der Waals surface area contributed by atoms with Crippen molar-refractivity contribution >= 4 is 11.7 Å². The molecule has 1 amide bonds. The van der Waals surface area contributed by atoms with Gasteiger partial charge in [-0.2, -0.15) is 0 Å². The van der Waals surface area contributed by atoms with Crippen molar-refractivity contribution in [3.8, 4) is 0 Å². The Morgan fingerprint density at radius 2 is 2.47 bits per heavy atom. The van der Waals surface area contributed by atoms with Gasteiger partial charge in [0.1, 0.15) is 12.6 Å². The van der Waals surface area contributed by atoms with E-state index < -0.39 is 0 Å². The number of carbonyl (C=O) groups excluding carboxylic acids is 1. The van der Waals surface area contributed by atoms with Crippen molar-refractivity contribution in [1.29, 1.82) is 0 Å². The fourth-order valence-electron chi connectivity index (χ4n) is 2.19. The van der Waals surface area contributed by atoms with Crippen LogP contribution >= 0.6 is 0 Å². The number of hydrogen-bond acceptors (Lipinski definition) is 4. The molecule has 1 aromatic rings. The average molecular weight is 237 g/mol. The number of likely N-dealkylation sites (N-methyl/N-ethyl adjacent to an activating group) is 1. The van der Waals surface area contributed by atoms with Crippen molar-refractivity contribution in [2.45, 2.75) is 12.5 Å². The number of quaternary nitrogens is 1. The number of nitrogens with zero attached hydrogens (tertiary/aromatic N) is 3. The van der Waals surface area contributed by atoms with Gasteiger partial charge in [0.2, 0.25) is 0 Å². The lowest BCUT2D eigenvalue weighted by atomic mass is 10.3. The van der Waals surface area contributed by atoms with Crippen LogP contribution in [0.2, 0.25) is 0 Å². The monoisotopic (exact) mass is 237 g/mol. The smallest absolute Gasteiger partial charge is 0.280 e. The lowest BCUT2D eigenvalue weighted by Gasteiger charge is -2.28. The van der Waals surface area contributed by atoms with Crippen LogP contribution in [0.4, 0.5) is 5.82 Å². The molecule has 1 aliphatic heterocycles. The predicted molar refractivity (Wildman–Crippen MR) is 62.1 cm³/mol. The van der Waals surface area contributed by atoms with Crippen LogP contribution in [-0.2, 0) is 4.79 Å². The van der Waals surface area contributed by atoms with E-state index in [2.05, 4.69) is 15.3 Å². The predicted octanol–water partition coefficient (Wildman–Crippen LogP) is -0.374. The molecule has 2 atom stereocenters. The van der Waals surface area contributed by atoms with Gasteiger partial charge >= 0.3 is 0 Å². The molecule has 2 heterocycles. The lowest BCUT2D eigenvalue weighted by Crippen LogP contribution is -2.47. The maximum Gasteiger partial charge on any atom is 0.280 e. The number of nitrogens with one attached hydrogen (secondary N) is 1. The summed E-state index contributed by atoms with van der Waals surface area (Å²) in [6.45, 7) is 1.82. The molecule has 0 aromatic carbocycles. The van der Waals surface area contributed by atoms with Gasteiger partial charge in [-0.25, -0.2) is 4.98 Å². The Hall–Kier alpha value is -1.53. The summed E-state index contributed by atoms with van der Waals surface area (Å²) in [4.78, 5) is 19.7. The van der Waals surface area contributed by atoms with Crippen molar-refractivity contribution < 1.29 is 14.4 Å². The lowest BCUT2D eigenvalue weighted by molar-refractivity contribution is -0.890. The molecule has 0 bridgehead atoms. The number of aliphatic hydroxyl groups excluding tert-OH is 1. The maximum atomic E-state index is 11.8. The van der Waals surface area contributed by atoms with Gasteiger partial charge in [-0.05, 0) is 0 Å². The molecule has 1 unspecified atom stereocenters. The number of anilines is 1. The van der Waals surface area contributed by atoms with Crippen LogP contribution in [0.5, 0.6) is 0 Å². The SMILES string of the molecule is C[N@@+]1(CC(=O)Nc2cnccn2)CCC(O)C1. The fraction of sp³-hybridized carbons (Fsp3) is 0.545. The van der Waals surface area contributed by atoms with Crippen molar-refractivity contribution in [2.24, 2.45) is 0 Å². The Morgan fingerprint density at radius 3 is 3.06 bits per heavy atom. The third-order valence-electron chi connectivity index (χ3n) is 3.01. The molecular weight excluding hydrogens is 220 g/mol. The number of carbonyl (C=O) groups is 1. The van der Waals surface area contributed by atoms with E-state index in [1.165, 1.54) is 12.4 Å². The van der Waals surface area contributed by atoms with Gasteiger partial charge in [0, 0.05) is 18.8 Å². The molecule has 0 spiro atoms. The zero-order valence-electron chi connectivity index (χ0n) is 9.83. The molecule has 1 fully saturated rings. The molecule has 2 rings (SSSR count). The molecule has 2 N–H and O–H groups in total. The first-order valence-corrected chi connectivity index (χ1v) is 5.65. The number of likely N-dealkylation sites (tertiary alicyclic amines) is 1. The van der Waals surface area contributed by atoms with E-state index in [-0.39, 0.29) is 12.0 Å². The van der Waals surface area contributed by atoms with Crippen LogP contribution in [0, 0.1) is 0 Å². The van der Waals surface area contributed by atoms with Gasteiger partial charge in [-0.15, -0.1) is 0 Å². The average Bonchev–Trinajstić information content (AvgIpc) is 2.59. The number of amides is 1. The van der Waals surface area contributed by atoms with Crippen molar-refractivity contribution in [3.05, 3.63) is 18.6 Å². The molecule has 6 heteroatoms. The Bertz CT molecular complexity index is 398. The van der Waals surface area contributed by atoms with Crippen LogP contribution in [-0.4, -0.2) is 58.3 Å². The molecule has 17 heavy (non-hydrogen) atoms. The summed E-state index contributed by atoms with van der Waals surface area (Å²) in [6, 6.07) is 0. The third-order valence-corrected chi connectivity index (χ3v) is 3.01. The summed E-state index contributed by atoms with van der Waals surface area (Å²) in [5.74, 6) is 0.367. The largest absolute Gasteiger partial charge is 0.387 e. The zero-order chi connectivity index (χ0) is 12.3. The Balaban J connectivity index is 1.90. The van der Waals surface area contributed by atoms with Crippen LogP contribution in [0.25, 0.3) is 0 Å². The van der Waals surface area contributed by atoms with Crippen LogP contribution < -0.4 is 5.32 Å². The summed E-state index contributed by atoms with van der Waals surface area (Å²) >= 11 is 0. The zero-order valence-corrected chi connectivity index (χ0v) is 9.83. The highest BCUT2D eigenvalue weighted by molar-refractivity contribution is 5.90. The van der Waals surface area contributed by atoms with Gasteiger partial charge in [0.15, 0.2) is 12.4 Å². The molecular formula is C11H17N4O2+. The van der Waals surface area contributed by atoms with E-state index in [1.807, 2.05) is 7.05 Å². The second-order valence-electron chi connectivity index (χ2n) is 4.77. The van der Waals surface area contributed by atoms with E-state index in [1.54, 1.807) is 6.20 Å². The molecule has 1 saturated heterocycles. The first-order valence-electron chi connectivity index (χ1n) is 5.65. The number of aromatic nitrogens is 2. The number of hydrogen-bond donors (Lipinski definition) is 2. The van der Waals surface area contributed by atoms with Gasteiger partial charge in [-0.3, -0.25) is 9.78 Å². The summed E-state index contributed by atoms with van der Waals surface area (Å²) in [7, 11) is 1.98. The number of aliphatic hydroxyl groups is 1. The second kappa shape index (κ2) is 4.77. The minimum absolute atomic E-state index is 0.0953. The van der Waals surface area contributed by atoms with Gasteiger partial charge in [0.25, 0.3) is 5.91 Å². The summed E-state index contributed by atoms with van der Waals surface area (Å²) in [6.07, 6.45) is 5.07. The van der Waals surface area contributed by atoms with Gasteiger partial charge in [-0.1, -0.05) is 0 Å². The van der Waals surface area contributed by atoms with E-state index in [9.17, 15) is 9.90 Å². The highest BCUT2D eigenvalue weighted by Gasteiger charge is 2.35. The Labute approximate surface area is 99.9 Å². The van der Waals surface area contributed by atoms with E-state index in [4.69, 9.17) is 0 Å². The maximum absolute atomic E-state index is 11.8. The first-order chi connectivity index (χ1) is 8.07. The molecule has 0 aliphatic carbocycles. The van der Waals surface area contributed by atoms with Crippen molar-refractivity contribution in [2.75, 3.05) is 32.0 Å². The van der Waals surface area contributed by atoms with Crippen molar-refractivity contribution in [1.82, 2.24) is 9.97 Å². The van der Waals surface area contributed by atoms with Gasteiger partial charge in [0.05, 0.1) is 19.8 Å². The van der Waals surface area contributed by atoms with E-state index >= 15 is 0 Å². The standard InChI is InChI=1S/C11H16N4O2/c1-15(5-2-9(16)7-15)8-11(17)14-10-6-12-3-4-13-10/h3-4,6,9,16H,2,5,7-8H2,1H3/p+1/t9?,15-/m1/s1. The third kappa shape index (κ3) is 3.21. The minimum Gasteiger partial charge on any atom is -0.387 e. The normalized spacial score (nSPS) is 28.0. The molecule has 0 saturated carbocycles. The van der Waals surface area contributed by atoms with Crippen molar-refractivity contribution in [3.63, 3.8) is 0 Å². The molecule has 6 nitrogen and oxygen atoms in total. The second-order valence-corrected chi connectivity index (χ2v) is 4.77. The van der Waals surface area contributed by atoms with E-state index in [0.717, 1.165) is 13.0 Å². The number of rotatable bonds is 3. The minimum atomic E-state index is -0.288. The van der Waals surface area contributed by atoms with Crippen LogP contribution in [0.3, 0.4) is 0 Å². The summed E-state index contributed by atoms with van der Waals surface area (Å²) in [5, 5.41) is 12.2. The van der Waals surface area contributed by atoms with Gasteiger partial charge < -0.3 is 14.9 Å². The summed E-state index contributed by atoms with van der Waals surface area (Å²) in [5.41, 5.74) is 0. The fourth-order valence-corrected chi connectivity index (χ4v) is 2.19. The van der Waals surface area contributed by atoms with E-state index in [0.29, 0.717) is 23.4 Å². The molecule has 92 valence electrons. The first kappa shape index (κ1) is 11.9. The Morgan fingerprint density at radius 1 is 1.65 bits per heavy atom.